The van der Waals surface area contributed by atoms with Crippen LogP contribution in [0.5, 0.6) is 5.75 Å². The smallest absolute Gasteiger partial charge is 0.340 e. The van der Waals surface area contributed by atoms with E-state index in [1.807, 2.05) is 12.2 Å². The Morgan fingerprint density at radius 3 is 1.76 bits per heavy atom. The van der Waals surface area contributed by atoms with Crippen molar-refractivity contribution < 1.29 is 15.0 Å². The lowest BCUT2D eigenvalue weighted by atomic mass is 10.0. The minimum absolute atomic E-state index is 0.0137. The van der Waals surface area contributed by atoms with E-state index in [0.717, 1.165) is 12.8 Å². The third-order valence-electron chi connectivity index (χ3n) is 5.56. The Kier molecular flexibility index (Phi) is 14.9. The molecule has 3 nitrogen and oxygen atoms in total. The van der Waals surface area contributed by atoms with Crippen molar-refractivity contribution in [1.82, 2.24) is 0 Å². The second-order valence-corrected chi connectivity index (χ2v) is 8.19. The maximum Gasteiger partial charge on any atom is 0.340 e. The van der Waals surface area contributed by atoms with Crippen LogP contribution in [0.25, 0.3) is 6.08 Å². The van der Waals surface area contributed by atoms with Crippen LogP contribution in [0.4, 0.5) is 0 Å². The number of unbranched alkanes of at least 4 members (excludes halogenated alkanes) is 15. The van der Waals surface area contributed by atoms with Crippen LogP contribution in [0, 0.1) is 0 Å². The van der Waals surface area contributed by atoms with E-state index in [0.29, 0.717) is 5.56 Å². The molecular weight excluding hydrogens is 360 g/mol. The Morgan fingerprint density at radius 1 is 0.793 bits per heavy atom. The van der Waals surface area contributed by atoms with Crippen molar-refractivity contribution in [3.8, 4) is 5.75 Å². The molecule has 0 aliphatic carbocycles. The van der Waals surface area contributed by atoms with Crippen molar-refractivity contribution in [1.29, 1.82) is 0 Å². The number of aromatic carboxylic acids is 1. The molecule has 1 aromatic carbocycles. The van der Waals surface area contributed by atoms with Gasteiger partial charge < -0.3 is 10.2 Å². The van der Waals surface area contributed by atoms with Crippen molar-refractivity contribution in [3.63, 3.8) is 0 Å². The molecule has 0 radical (unpaired) electrons. The molecule has 0 bridgehead atoms. The molecule has 0 spiro atoms. The van der Waals surface area contributed by atoms with Gasteiger partial charge in [-0.05, 0) is 24.5 Å². The molecule has 3 heteroatoms. The molecule has 0 aliphatic heterocycles. The molecule has 0 saturated heterocycles. The number of hydrogen-bond acceptors (Lipinski definition) is 2. The van der Waals surface area contributed by atoms with Gasteiger partial charge in [0, 0.05) is 0 Å². The van der Waals surface area contributed by atoms with Crippen molar-refractivity contribution in [2.24, 2.45) is 0 Å². The second kappa shape index (κ2) is 17.1. The van der Waals surface area contributed by atoms with Crippen LogP contribution in [-0.4, -0.2) is 16.2 Å². The van der Waals surface area contributed by atoms with E-state index in [1.54, 1.807) is 12.1 Å². The van der Waals surface area contributed by atoms with Crippen LogP contribution in [-0.2, 0) is 0 Å². The number of carboxylic acids is 1. The number of phenols is 1. The van der Waals surface area contributed by atoms with E-state index >= 15 is 0 Å². The zero-order valence-corrected chi connectivity index (χ0v) is 18.5. The van der Waals surface area contributed by atoms with Crippen LogP contribution in [0.15, 0.2) is 24.3 Å². The highest BCUT2D eigenvalue weighted by molar-refractivity contribution is 5.95. The molecule has 164 valence electrons. The fraction of sp³-hybridized carbons (Fsp3) is 0.654. The molecule has 0 atom stereocenters. The standard InChI is InChI=1S/C26H42O3/c1-2-3-4-5-6-7-8-9-10-11-12-13-14-15-16-17-18-20-23-21-19-22-24(27)25(23)26(28)29/h18-22,27H,2-17H2,1H3,(H,28,29). The van der Waals surface area contributed by atoms with Gasteiger partial charge in [0.25, 0.3) is 0 Å². The van der Waals surface area contributed by atoms with E-state index in [2.05, 4.69) is 6.92 Å². The van der Waals surface area contributed by atoms with Gasteiger partial charge in [-0.3, -0.25) is 0 Å². The number of aromatic hydroxyl groups is 1. The highest BCUT2D eigenvalue weighted by atomic mass is 16.4. The van der Waals surface area contributed by atoms with Crippen LogP contribution >= 0.6 is 0 Å². The van der Waals surface area contributed by atoms with E-state index in [4.69, 9.17) is 0 Å². The monoisotopic (exact) mass is 402 g/mol. The first-order valence-corrected chi connectivity index (χ1v) is 11.9. The molecular formula is C26H42O3. The molecule has 0 aliphatic rings. The molecule has 0 saturated carbocycles. The molecule has 29 heavy (non-hydrogen) atoms. The fourth-order valence-electron chi connectivity index (χ4n) is 3.77. The summed E-state index contributed by atoms with van der Waals surface area (Å²) in [5.74, 6) is -1.26. The maximum atomic E-state index is 11.2. The summed E-state index contributed by atoms with van der Waals surface area (Å²) in [6, 6.07) is 4.82. The van der Waals surface area contributed by atoms with Gasteiger partial charge in [0.1, 0.15) is 11.3 Å². The lowest BCUT2D eigenvalue weighted by Gasteiger charge is -2.04. The summed E-state index contributed by atoms with van der Waals surface area (Å²) in [7, 11) is 0. The van der Waals surface area contributed by atoms with Gasteiger partial charge in [0.05, 0.1) is 0 Å². The Bertz CT molecular complexity index is 577. The lowest BCUT2D eigenvalue weighted by molar-refractivity contribution is 0.0693. The van der Waals surface area contributed by atoms with Crippen LogP contribution < -0.4 is 0 Å². The van der Waals surface area contributed by atoms with Gasteiger partial charge in [-0.1, -0.05) is 121 Å². The minimum Gasteiger partial charge on any atom is -0.507 e. The van der Waals surface area contributed by atoms with Gasteiger partial charge in [-0.15, -0.1) is 0 Å². The van der Waals surface area contributed by atoms with Crippen LogP contribution in [0.1, 0.15) is 126 Å². The number of allylic oxidation sites excluding steroid dienone is 1. The third-order valence-corrected chi connectivity index (χ3v) is 5.56. The first-order chi connectivity index (χ1) is 14.2. The summed E-state index contributed by atoms with van der Waals surface area (Å²) in [6.45, 7) is 2.27. The molecule has 0 aromatic heterocycles. The predicted octanol–water partition coefficient (Wildman–Crippen LogP) is 8.37. The SMILES string of the molecule is CCCCCCCCCCCCCCCCCC=Cc1cccc(O)c1C(=O)O. The molecule has 0 heterocycles. The zero-order valence-electron chi connectivity index (χ0n) is 18.5. The second-order valence-electron chi connectivity index (χ2n) is 8.19. The Balaban J connectivity index is 1.95. The van der Waals surface area contributed by atoms with Crippen LogP contribution in [0.2, 0.25) is 0 Å². The highest BCUT2D eigenvalue weighted by Gasteiger charge is 2.12. The molecule has 1 rings (SSSR count). The maximum absolute atomic E-state index is 11.2. The third kappa shape index (κ3) is 12.4. The topological polar surface area (TPSA) is 57.5 Å². The van der Waals surface area contributed by atoms with Gasteiger partial charge >= 0.3 is 5.97 Å². The zero-order chi connectivity index (χ0) is 21.2. The molecule has 2 N–H and O–H groups in total. The van der Waals surface area contributed by atoms with Crippen LogP contribution in [0.3, 0.4) is 0 Å². The first-order valence-electron chi connectivity index (χ1n) is 11.9. The number of hydrogen-bond donors (Lipinski definition) is 2. The van der Waals surface area contributed by atoms with E-state index in [9.17, 15) is 15.0 Å². The number of benzene rings is 1. The lowest BCUT2D eigenvalue weighted by Crippen LogP contribution is -1.99. The average Bonchev–Trinajstić information content (AvgIpc) is 2.70. The van der Waals surface area contributed by atoms with E-state index < -0.39 is 5.97 Å². The molecule has 1 aromatic rings. The van der Waals surface area contributed by atoms with E-state index in [-0.39, 0.29) is 11.3 Å². The summed E-state index contributed by atoms with van der Waals surface area (Å²) in [5, 5.41) is 18.9. The van der Waals surface area contributed by atoms with Crippen molar-refractivity contribution >= 4 is 12.0 Å². The minimum atomic E-state index is -1.09. The van der Waals surface area contributed by atoms with Crippen molar-refractivity contribution in [2.45, 2.75) is 110 Å². The summed E-state index contributed by atoms with van der Waals surface area (Å²) < 4.78 is 0. The fourth-order valence-corrected chi connectivity index (χ4v) is 3.77. The normalized spacial score (nSPS) is 11.3. The Morgan fingerprint density at radius 2 is 1.28 bits per heavy atom. The number of rotatable bonds is 18. The first kappa shape index (κ1) is 25.3. The van der Waals surface area contributed by atoms with Crippen molar-refractivity contribution in [2.75, 3.05) is 0 Å². The Labute approximate surface area is 178 Å². The average molecular weight is 403 g/mol. The van der Waals surface area contributed by atoms with Gasteiger partial charge in [0.15, 0.2) is 0 Å². The van der Waals surface area contributed by atoms with E-state index in [1.165, 1.54) is 96.0 Å². The van der Waals surface area contributed by atoms with Gasteiger partial charge in [-0.2, -0.15) is 0 Å². The molecule has 0 amide bonds. The molecule has 0 fully saturated rings. The number of carbonyl (C=O) groups is 1. The predicted molar refractivity (Wildman–Crippen MR) is 124 cm³/mol. The largest absolute Gasteiger partial charge is 0.507 e. The molecule has 0 unspecified atom stereocenters. The summed E-state index contributed by atoms with van der Waals surface area (Å²) in [4.78, 5) is 11.2. The summed E-state index contributed by atoms with van der Waals surface area (Å²) >= 11 is 0. The number of carboxylic acid groups (broad SMARTS) is 1. The quantitative estimate of drug-likeness (QED) is 0.242. The highest BCUT2D eigenvalue weighted by Crippen LogP contribution is 2.22. The summed E-state index contributed by atoms with van der Waals surface area (Å²) in [5.41, 5.74) is 0.554. The summed E-state index contributed by atoms with van der Waals surface area (Å²) in [6.07, 6.45) is 25.2. The van der Waals surface area contributed by atoms with Gasteiger partial charge in [0.2, 0.25) is 0 Å². The van der Waals surface area contributed by atoms with Gasteiger partial charge in [-0.25, -0.2) is 4.79 Å². The van der Waals surface area contributed by atoms with Crippen molar-refractivity contribution in [3.05, 3.63) is 35.4 Å². The Hall–Kier alpha value is -1.77.